The summed E-state index contributed by atoms with van der Waals surface area (Å²) in [6.07, 6.45) is 2.35. The molecule has 0 aliphatic carbocycles. The van der Waals surface area contributed by atoms with Crippen molar-refractivity contribution in [3.05, 3.63) is 23.8 Å². The molecule has 1 heterocycles. The van der Waals surface area contributed by atoms with Crippen molar-refractivity contribution in [3.63, 3.8) is 0 Å². The minimum absolute atomic E-state index is 0.0509. The van der Waals surface area contributed by atoms with Gasteiger partial charge in [-0.25, -0.2) is 0 Å². The van der Waals surface area contributed by atoms with Gasteiger partial charge in [0.15, 0.2) is 0 Å². The van der Waals surface area contributed by atoms with E-state index in [1.807, 2.05) is 25.1 Å². The summed E-state index contributed by atoms with van der Waals surface area (Å²) in [6.45, 7) is 3.41. The number of nitrogens with one attached hydrogen (secondary N) is 1. The number of amides is 1. The Hall–Kier alpha value is -1.20. The normalized spacial score (nSPS) is 18.5. The standard InChI is InChI=1S/C14H20N2O2S/c1-10-7-12(4-5-13(10)15)19-9-14(17)16-8-11-3-2-6-18-11/h4-5,7,11H,2-3,6,8-9,15H2,1H3,(H,16,17). The quantitative estimate of drug-likeness (QED) is 0.639. The van der Waals surface area contributed by atoms with Crippen molar-refractivity contribution in [1.82, 2.24) is 5.32 Å². The molecular weight excluding hydrogens is 260 g/mol. The van der Waals surface area contributed by atoms with E-state index in [4.69, 9.17) is 10.5 Å². The summed E-state index contributed by atoms with van der Waals surface area (Å²) in [4.78, 5) is 12.8. The second kappa shape index (κ2) is 6.82. The highest BCUT2D eigenvalue weighted by atomic mass is 32.2. The number of rotatable bonds is 5. The summed E-state index contributed by atoms with van der Waals surface area (Å²) >= 11 is 1.53. The predicted molar refractivity (Wildman–Crippen MR) is 78.3 cm³/mol. The second-order valence-corrected chi connectivity index (χ2v) is 5.79. The van der Waals surface area contributed by atoms with Gasteiger partial charge in [-0.05, 0) is 43.5 Å². The number of benzene rings is 1. The van der Waals surface area contributed by atoms with E-state index in [0.29, 0.717) is 12.3 Å². The smallest absolute Gasteiger partial charge is 0.230 e. The second-order valence-electron chi connectivity index (χ2n) is 4.75. The summed E-state index contributed by atoms with van der Waals surface area (Å²) in [5, 5.41) is 2.91. The van der Waals surface area contributed by atoms with Gasteiger partial charge in [0, 0.05) is 23.7 Å². The van der Waals surface area contributed by atoms with Gasteiger partial charge in [0.25, 0.3) is 0 Å². The lowest BCUT2D eigenvalue weighted by molar-refractivity contribution is -0.119. The predicted octanol–water partition coefficient (Wildman–Crippen LogP) is 1.96. The molecule has 1 aromatic rings. The Bertz CT molecular complexity index is 445. The van der Waals surface area contributed by atoms with Gasteiger partial charge in [-0.3, -0.25) is 4.79 Å². The number of thioether (sulfide) groups is 1. The number of nitrogen functional groups attached to an aromatic ring is 1. The molecular formula is C14H20N2O2S. The van der Waals surface area contributed by atoms with Crippen LogP contribution in [0.25, 0.3) is 0 Å². The Morgan fingerprint density at radius 2 is 2.42 bits per heavy atom. The van der Waals surface area contributed by atoms with Gasteiger partial charge in [0.1, 0.15) is 0 Å². The van der Waals surface area contributed by atoms with Crippen LogP contribution in [0, 0.1) is 6.92 Å². The van der Waals surface area contributed by atoms with Crippen LogP contribution < -0.4 is 11.1 Å². The Morgan fingerprint density at radius 1 is 1.58 bits per heavy atom. The molecule has 104 valence electrons. The van der Waals surface area contributed by atoms with E-state index in [1.165, 1.54) is 11.8 Å². The summed E-state index contributed by atoms with van der Waals surface area (Å²) in [7, 11) is 0. The average molecular weight is 280 g/mol. The Labute approximate surface area is 118 Å². The van der Waals surface area contributed by atoms with Gasteiger partial charge in [-0.1, -0.05) is 0 Å². The molecule has 1 saturated heterocycles. The van der Waals surface area contributed by atoms with E-state index in [2.05, 4.69) is 5.32 Å². The molecule has 0 bridgehead atoms. The summed E-state index contributed by atoms with van der Waals surface area (Å²) in [5.41, 5.74) is 7.59. The fraction of sp³-hybridized carbons (Fsp3) is 0.500. The third kappa shape index (κ3) is 4.44. The van der Waals surface area contributed by atoms with Crippen molar-refractivity contribution in [2.45, 2.75) is 30.8 Å². The Morgan fingerprint density at radius 3 is 3.11 bits per heavy atom. The summed E-state index contributed by atoms with van der Waals surface area (Å²) in [5.74, 6) is 0.478. The van der Waals surface area contributed by atoms with E-state index < -0.39 is 0 Å². The third-order valence-corrected chi connectivity index (χ3v) is 4.16. The fourth-order valence-electron chi connectivity index (χ4n) is 1.97. The first kappa shape index (κ1) is 14.2. The van der Waals surface area contributed by atoms with Crippen molar-refractivity contribution in [1.29, 1.82) is 0 Å². The number of ether oxygens (including phenoxy) is 1. The topological polar surface area (TPSA) is 64.3 Å². The maximum atomic E-state index is 11.7. The zero-order valence-electron chi connectivity index (χ0n) is 11.1. The Balaban J connectivity index is 1.71. The van der Waals surface area contributed by atoms with E-state index in [1.54, 1.807) is 0 Å². The van der Waals surface area contributed by atoms with Crippen molar-refractivity contribution in [2.24, 2.45) is 0 Å². The highest BCUT2D eigenvalue weighted by Crippen LogP contribution is 2.22. The highest BCUT2D eigenvalue weighted by molar-refractivity contribution is 8.00. The zero-order chi connectivity index (χ0) is 13.7. The van der Waals surface area contributed by atoms with E-state index in [-0.39, 0.29) is 12.0 Å². The van der Waals surface area contributed by atoms with Crippen LogP contribution in [0.5, 0.6) is 0 Å². The molecule has 1 aliphatic rings. The molecule has 1 atom stereocenters. The fourth-order valence-corrected chi connectivity index (χ4v) is 2.80. The SMILES string of the molecule is Cc1cc(SCC(=O)NCC2CCCO2)ccc1N. The van der Waals surface area contributed by atoms with Crippen LogP contribution in [0.3, 0.4) is 0 Å². The maximum Gasteiger partial charge on any atom is 0.230 e. The average Bonchev–Trinajstić information content (AvgIpc) is 2.91. The van der Waals surface area contributed by atoms with Crippen molar-refractivity contribution >= 4 is 23.4 Å². The molecule has 0 aromatic heterocycles. The molecule has 1 unspecified atom stereocenters. The number of carbonyl (C=O) groups is 1. The molecule has 1 amide bonds. The molecule has 2 rings (SSSR count). The van der Waals surface area contributed by atoms with Crippen LogP contribution in [0.1, 0.15) is 18.4 Å². The number of carbonyl (C=O) groups excluding carboxylic acids is 1. The van der Waals surface area contributed by atoms with Gasteiger partial charge < -0.3 is 15.8 Å². The minimum Gasteiger partial charge on any atom is -0.399 e. The van der Waals surface area contributed by atoms with Gasteiger partial charge in [0.2, 0.25) is 5.91 Å². The van der Waals surface area contributed by atoms with Crippen LogP contribution in [0.15, 0.2) is 23.1 Å². The first-order chi connectivity index (χ1) is 9.15. The van der Waals surface area contributed by atoms with Crippen molar-refractivity contribution in [2.75, 3.05) is 24.6 Å². The van der Waals surface area contributed by atoms with Crippen molar-refractivity contribution < 1.29 is 9.53 Å². The van der Waals surface area contributed by atoms with E-state index >= 15 is 0 Å². The molecule has 5 heteroatoms. The molecule has 1 aromatic carbocycles. The number of nitrogens with two attached hydrogens (primary N) is 1. The molecule has 0 spiro atoms. The molecule has 19 heavy (non-hydrogen) atoms. The van der Waals surface area contributed by atoms with Gasteiger partial charge in [0.05, 0.1) is 11.9 Å². The first-order valence-corrected chi connectivity index (χ1v) is 7.51. The zero-order valence-corrected chi connectivity index (χ0v) is 12.0. The summed E-state index contributed by atoms with van der Waals surface area (Å²) < 4.78 is 5.46. The first-order valence-electron chi connectivity index (χ1n) is 6.52. The lowest BCUT2D eigenvalue weighted by atomic mass is 10.2. The number of hydrogen-bond acceptors (Lipinski definition) is 4. The Kier molecular flexibility index (Phi) is 5.10. The molecule has 1 fully saturated rings. The van der Waals surface area contributed by atoms with Crippen molar-refractivity contribution in [3.8, 4) is 0 Å². The molecule has 3 N–H and O–H groups in total. The lowest BCUT2D eigenvalue weighted by Gasteiger charge is -2.10. The van der Waals surface area contributed by atoms with Crippen LogP contribution >= 0.6 is 11.8 Å². The summed E-state index contributed by atoms with van der Waals surface area (Å²) in [6, 6.07) is 5.83. The highest BCUT2D eigenvalue weighted by Gasteiger charge is 2.16. The number of aryl methyl sites for hydroxylation is 1. The van der Waals surface area contributed by atoms with Crippen LogP contribution in [0.4, 0.5) is 5.69 Å². The van der Waals surface area contributed by atoms with Gasteiger partial charge >= 0.3 is 0 Å². The monoisotopic (exact) mass is 280 g/mol. The van der Waals surface area contributed by atoms with Crippen LogP contribution in [0.2, 0.25) is 0 Å². The van der Waals surface area contributed by atoms with Crippen LogP contribution in [-0.2, 0) is 9.53 Å². The van der Waals surface area contributed by atoms with Crippen LogP contribution in [-0.4, -0.2) is 30.9 Å². The third-order valence-electron chi connectivity index (χ3n) is 3.16. The van der Waals surface area contributed by atoms with E-state index in [0.717, 1.165) is 35.6 Å². The van der Waals surface area contributed by atoms with Gasteiger partial charge in [-0.15, -0.1) is 11.8 Å². The maximum absolute atomic E-state index is 11.7. The van der Waals surface area contributed by atoms with E-state index in [9.17, 15) is 4.79 Å². The number of anilines is 1. The molecule has 4 nitrogen and oxygen atoms in total. The number of hydrogen-bond donors (Lipinski definition) is 2. The molecule has 1 aliphatic heterocycles. The molecule has 0 radical (unpaired) electrons. The minimum atomic E-state index is 0.0509. The molecule has 0 saturated carbocycles. The largest absolute Gasteiger partial charge is 0.399 e. The van der Waals surface area contributed by atoms with Gasteiger partial charge in [-0.2, -0.15) is 0 Å². The lowest BCUT2D eigenvalue weighted by Crippen LogP contribution is -2.32.